The molecule has 1 amide bonds. The van der Waals surface area contributed by atoms with Crippen LogP contribution in [0.2, 0.25) is 0 Å². The normalized spacial score (nSPS) is 12.7. The number of nitrogens with zero attached hydrogens (tertiary/aromatic N) is 2. The van der Waals surface area contributed by atoms with Crippen molar-refractivity contribution in [2.24, 2.45) is 0 Å². The number of carbonyl (C=O) groups is 1. The molecule has 0 aliphatic heterocycles. The third kappa shape index (κ3) is 4.61. The van der Waals surface area contributed by atoms with Gasteiger partial charge in [0.25, 0.3) is 0 Å². The summed E-state index contributed by atoms with van der Waals surface area (Å²) in [5, 5.41) is 0. The Hall–Kier alpha value is -2.53. The number of aromatic nitrogens is 1. The minimum Gasteiger partial charge on any atom is -0.467 e. The van der Waals surface area contributed by atoms with Crippen LogP contribution >= 0.6 is 11.8 Å². The fraction of sp³-hybridized carbons (Fsp3) is 0.273. The Kier molecular flexibility index (Phi) is 5.58. The zero-order valence-corrected chi connectivity index (χ0v) is 16.0. The number of rotatable bonds is 7. The summed E-state index contributed by atoms with van der Waals surface area (Å²) in [5.74, 6) is 1.30. The number of benzene rings is 1. The molecule has 2 heterocycles. The predicted molar refractivity (Wildman–Crippen MR) is 106 cm³/mol. The van der Waals surface area contributed by atoms with Crippen molar-refractivity contribution in [2.45, 2.75) is 37.2 Å². The van der Waals surface area contributed by atoms with E-state index in [1.54, 1.807) is 30.4 Å². The number of furan rings is 1. The number of fused-ring (bicyclic) bond motifs is 1. The number of thioether (sulfide) groups is 1. The summed E-state index contributed by atoms with van der Waals surface area (Å²) in [7, 11) is 0. The number of pyridine rings is 1. The van der Waals surface area contributed by atoms with Gasteiger partial charge in [-0.2, -0.15) is 0 Å². The standard InChI is InChI=1S/C22H22N2O2S/c25-22(16-27-21-9-8-18-5-1-6-19(18)12-21)24(15-20-7-3-11-26-20)14-17-4-2-10-23-13-17/h2-4,7-13H,1,5-6,14-16H2. The molecule has 0 bridgehead atoms. The number of amides is 1. The van der Waals surface area contributed by atoms with Crippen LogP contribution < -0.4 is 0 Å². The molecule has 0 fully saturated rings. The first-order valence-corrected chi connectivity index (χ1v) is 10.2. The summed E-state index contributed by atoms with van der Waals surface area (Å²) in [6, 6.07) is 14.2. The van der Waals surface area contributed by atoms with E-state index in [-0.39, 0.29) is 5.91 Å². The number of aryl methyl sites for hydroxylation is 2. The molecule has 0 unspecified atom stereocenters. The molecule has 27 heavy (non-hydrogen) atoms. The van der Waals surface area contributed by atoms with E-state index in [1.165, 1.54) is 28.9 Å². The molecule has 0 spiro atoms. The second-order valence-electron chi connectivity index (χ2n) is 6.76. The molecular weight excluding hydrogens is 356 g/mol. The molecule has 5 heteroatoms. The van der Waals surface area contributed by atoms with Crippen molar-refractivity contribution in [3.05, 3.63) is 83.6 Å². The first kappa shape index (κ1) is 17.9. The van der Waals surface area contributed by atoms with E-state index in [4.69, 9.17) is 4.42 Å². The summed E-state index contributed by atoms with van der Waals surface area (Å²) in [6.07, 6.45) is 8.76. The summed E-state index contributed by atoms with van der Waals surface area (Å²) in [5.41, 5.74) is 3.91. The molecule has 0 saturated carbocycles. The Morgan fingerprint density at radius 3 is 2.85 bits per heavy atom. The zero-order valence-electron chi connectivity index (χ0n) is 15.1. The van der Waals surface area contributed by atoms with Gasteiger partial charge in [-0.05, 0) is 66.3 Å². The first-order valence-electron chi connectivity index (χ1n) is 9.21. The van der Waals surface area contributed by atoms with Crippen LogP contribution in [-0.2, 0) is 30.7 Å². The smallest absolute Gasteiger partial charge is 0.233 e. The van der Waals surface area contributed by atoms with Crippen LogP contribution in [0.15, 0.2) is 70.4 Å². The van der Waals surface area contributed by atoms with E-state index in [9.17, 15) is 4.79 Å². The highest BCUT2D eigenvalue weighted by Gasteiger charge is 2.17. The van der Waals surface area contributed by atoms with Crippen LogP contribution in [0.25, 0.3) is 0 Å². The SMILES string of the molecule is O=C(CSc1ccc2c(c1)CCC2)N(Cc1cccnc1)Cc1ccco1. The van der Waals surface area contributed by atoms with Crippen molar-refractivity contribution in [1.29, 1.82) is 0 Å². The molecule has 1 aliphatic rings. The Balaban J connectivity index is 1.43. The summed E-state index contributed by atoms with van der Waals surface area (Å²) < 4.78 is 5.45. The lowest BCUT2D eigenvalue weighted by molar-refractivity contribution is -0.129. The maximum absolute atomic E-state index is 12.9. The molecule has 138 valence electrons. The van der Waals surface area contributed by atoms with Gasteiger partial charge in [0.2, 0.25) is 5.91 Å². The van der Waals surface area contributed by atoms with Crippen LogP contribution in [0.5, 0.6) is 0 Å². The van der Waals surface area contributed by atoms with Gasteiger partial charge >= 0.3 is 0 Å². The molecule has 1 aliphatic carbocycles. The van der Waals surface area contributed by atoms with Gasteiger partial charge in [0.05, 0.1) is 18.6 Å². The molecule has 4 rings (SSSR count). The van der Waals surface area contributed by atoms with E-state index in [0.29, 0.717) is 18.8 Å². The van der Waals surface area contributed by atoms with Crippen molar-refractivity contribution < 1.29 is 9.21 Å². The fourth-order valence-electron chi connectivity index (χ4n) is 3.41. The van der Waals surface area contributed by atoms with Gasteiger partial charge in [-0.15, -0.1) is 11.8 Å². The Morgan fingerprint density at radius 2 is 2.04 bits per heavy atom. The predicted octanol–water partition coefficient (Wildman–Crippen LogP) is 4.48. The number of hydrogen-bond donors (Lipinski definition) is 0. The van der Waals surface area contributed by atoms with Gasteiger partial charge in [0.1, 0.15) is 5.76 Å². The van der Waals surface area contributed by atoms with Gasteiger partial charge in [0.15, 0.2) is 0 Å². The van der Waals surface area contributed by atoms with Gasteiger partial charge in [-0.3, -0.25) is 9.78 Å². The number of carbonyl (C=O) groups excluding carboxylic acids is 1. The average Bonchev–Trinajstić information content (AvgIpc) is 3.37. The molecule has 1 aromatic carbocycles. The zero-order chi connectivity index (χ0) is 18.5. The third-order valence-electron chi connectivity index (χ3n) is 4.81. The molecular formula is C22H22N2O2S. The Bertz CT molecular complexity index is 894. The molecule has 3 aromatic rings. The van der Waals surface area contributed by atoms with E-state index >= 15 is 0 Å². The van der Waals surface area contributed by atoms with E-state index < -0.39 is 0 Å². The van der Waals surface area contributed by atoms with Crippen molar-refractivity contribution >= 4 is 17.7 Å². The summed E-state index contributed by atoms with van der Waals surface area (Å²) in [4.78, 5) is 20.1. The topological polar surface area (TPSA) is 46.3 Å². The molecule has 0 N–H and O–H groups in total. The highest BCUT2D eigenvalue weighted by atomic mass is 32.2. The van der Waals surface area contributed by atoms with Crippen molar-refractivity contribution in [3.63, 3.8) is 0 Å². The first-order chi connectivity index (χ1) is 13.3. The molecule has 2 aromatic heterocycles. The van der Waals surface area contributed by atoms with Gasteiger partial charge in [0, 0.05) is 23.8 Å². The maximum Gasteiger partial charge on any atom is 0.233 e. The highest BCUT2D eigenvalue weighted by Crippen LogP contribution is 2.28. The summed E-state index contributed by atoms with van der Waals surface area (Å²) in [6.45, 7) is 0.990. The summed E-state index contributed by atoms with van der Waals surface area (Å²) >= 11 is 1.61. The Morgan fingerprint density at radius 1 is 1.11 bits per heavy atom. The maximum atomic E-state index is 12.9. The van der Waals surface area contributed by atoms with E-state index in [0.717, 1.165) is 17.7 Å². The van der Waals surface area contributed by atoms with E-state index in [2.05, 4.69) is 23.2 Å². The lowest BCUT2D eigenvalue weighted by atomic mass is 10.1. The highest BCUT2D eigenvalue weighted by molar-refractivity contribution is 8.00. The molecule has 0 saturated heterocycles. The third-order valence-corrected chi connectivity index (χ3v) is 5.79. The minimum absolute atomic E-state index is 0.0979. The van der Waals surface area contributed by atoms with Gasteiger partial charge < -0.3 is 9.32 Å². The Labute approximate surface area is 163 Å². The second kappa shape index (κ2) is 8.44. The van der Waals surface area contributed by atoms with Crippen LogP contribution in [0, 0.1) is 0 Å². The largest absolute Gasteiger partial charge is 0.467 e. The fourth-order valence-corrected chi connectivity index (χ4v) is 4.27. The van der Waals surface area contributed by atoms with Crippen molar-refractivity contribution in [2.75, 3.05) is 5.75 Å². The molecule has 4 nitrogen and oxygen atoms in total. The van der Waals surface area contributed by atoms with Crippen molar-refractivity contribution in [1.82, 2.24) is 9.88 Å². The van der Waals surface area contributed by atoms with Gasteiger partial charge in [-0.1, -0.05) is 12.1 Å². The quantitative estimate of drug-likeness (QED) is 0.569. The van der Waals surface area contributed by atoms with Crippen LogP contribution in [-0.4, -0.2) is 21.5 Å². The monoisotopic (exact) mass is 378 g/mol. The molecule has 0 atom stereocenters. The second-order valence-corrected chi connectivity index (χ2v) is 7.81. The lowest BCUT2D eigenvalue weighted by Crippen LogP contribution is -2.31. The van der Waals surface area contributed by atoms with Crippen LogP contribution in [0.4, 0.5) is 0 Å². The lowest BCUT2D eigenvalue weighted by Gasteiger charge is -2.21. The molecule has 0 radical (unpaired) electrons. The number of hydrogen-bond acceptors (Lipinski definition) is 4. The van der Waals surface area contributed by atoms with E-state index in [1.807, 2.05) is 29.2 Å². The average molecular weight is 378 g/mol. The van der Waals surface area contributed by atoms with Crippen LogP contribution in [0.1, 0.15) is 28.9 Å². The van der Waals surface area contributed by atoms with Crippen molar-refractivity contribution in [3.8, 4) is 0 Å². The minimum atomic E-state index is 0.0979. The van der Waals surface area contributed by atoms with Crippen LogP contribution in [0.3, 0.4) is 0 Å². The van der Waals surface area contributed by atoms with Gasteiger partial charge in [-0.25, -0.2) is 0 Å².